The molecule has 0 bridgehead atoms. The van der Waals surface area contributed by atoms with Crippen molar-refractivity contribution in [3.05, 3.63) is 71.3 Å². The van der Waals surface area contributed by atoms with Gasteiger partial charge in [-0.15, -0.1) is 0 Å². The van der Waals surface area contributed by atoms with Crippen molar-refractivity contribution in [1.29, 1.82) is 0 Å². The first-order chi connectivity index (χ1) is 13.0. The Kier molecular flexibility index (Phi) is 6.16. The summed E-state index contributed by atoms with van der Waals surface area (Å²) in [5, 5.41) is 2.85. The van der Waals surface area contributed by atoms with E-state index >= 15 is 0 Å². The van der Waals surface area contributed by atoms with Crippen molar-refractivity contribution in [3.63, 3.8) is 0 Å². The van der Waals surface area contributed by atoms with Gasteiger partial charge in [-0.1, -0.05) is 24.3 Å². The normalized spacial score (nSPS) is 14.8. The summed E-state index contributed by atoms with van der Waals surface area (Å²) in [5.74, 6) is -1.15. The van der Waals surface area contributed by atoms with E-state index in [1.54, 1.807) is 29.2 Å². The van der Waals surface area contributed by atoms with Gasteiger partial charge in [-0.3, -0.25) is 9.59 Å². The summed E-state index contributed by atoms with van der Waals surface area (Å²) in [5.41, 5.74) is 0.899. The third-order valence-corrected chi connectivity index (χ3v) is 4.88. The molecular formula is C21H22F2N2O2. The van der Waals surface area contributed by atoms with Crippen LogP contribution in [0.5, 0.6) is 0 Å². The van der Waals surface area contributed by atoms with Crippen molar-refractivity contribution in [2.45, 2.75) is 19.3 Å². The zero-order valence-corrected chi connectivity index (χ0v) is 15.0. The van der Waals surface area contributed by atoms with Crippen LogP contribution in [0.25, 0.3) is 0 Å². The summed E-state index contributed by atoms with van der Waals surface area (Å²) < 4.78 is 26.9. The molecule has 1 aliphatic heterocycles. The molecule has 0 unspecified atom stereocenters. The minimum atomic E-state index is -0.440. The predicted molar refractivity (Wildman–Crippen MR) is 98.1 cm³/mol. The standard InChI is InChI=1S/C21H22F2N2O2/c22-18-6-3-5-17(14-18)21(27)25-12-9-16(10-13-25)20(26)24-11-8-15-4-1-2-7-19(15)23/h1-7,14,16H,8-13H2,(H,24,26). The number of benzene rings is 2. The van der Waals surface area contributed by atoms with Gasteiger partial charge in [-0.05, 0) is 49.1 Å². The summed E-state index contributed by atoms with van der Waals surface area (Å²) in [6, 6.07) is 12.1. The second kappa shape index (κ2) is 8.75. The number of carbonyl (C=O) groups excluding carboxylic acids is 2. The highest BCUT2D eigenvalue weighted by Gasteiger charge is 2.27. The van der Waals surface area contributed by atoms with Gasteiger partial charge in [-0.2, -0.15) is 0 Å². The summed E-state index contributed by atoms with van der Waals surface area (Å²) in [6.07, 6.45) is 1.56. The van der Waals surface area contributed by atoms with Gasteiger partial charge in [0.05, 0.1) is 0 Å². The molecular weight excluding hydrogens is 350 g/mol. The molecule has 0 aromatic heterocycles. The number of likely N-dealkylation sites (tertiary alicyclic amines) is 1. The number of carbonyl (C=O) groups is 2. The smallest absolute Gasteiger partial charge is 0.253 e. The van der Waals surface area contributed by atoms with Gasteiger partial charge in [0, 0.05) is 31.1 Å². The highest BCUT2D eigenvalue weighted by atomic mass is 19.1. The zero-order valence-electron chi connectivity index (χ0n) is 15.0. The molecule has 1 saturated heterocycles. The molecule has 27 heavy (non-hydrogen) atoms. The van der Waals surface area contributed by atoms with Crippen LogP contribution in [0.2, 0.25) is 0 Å². The maximum absolute atomic E-state index is 13.6. The fourth-order valence-corrected chi connectivity index (χ4v) is 3.31. The monoisotopic (exact) mass is 372 g/mol. The first-order valence-electron chi connectivity index (χ1n) is 9.10. The lowest BCUT2D eigenvalue weighted by Gasteiger charge is -2.31. The number of nitrogens with one attached hydrogen (secondary N) is 1. The van der Waals surface area contributed by atoms with Crippen LogP contribution in [0.4, 0.5) is 8.78 Å². The second-order valence-corrected chi connectivity index (χ2v) is 6.71. The Morgan fingerprint density at radius 3 is 2.48 bits per heavy atom. The van der Waals surface area contributed by atoms with Crippen molar-refractivity contribution in [2.24, 2.45) is 5.92 Å². The molecule has 6 heteroatoms. The number of hydrogen-bond acceptors (Lipinski definition) is 2. The zero-order chi connectivity index (χ0) is 19.2. The Hall–Kier alpha value is -2.76. The number of halogens is 2. The van der Waals surface area contributed by atoms with Crippen LogP contribution in [0.1, 0.15) is 28.8 Å². The number of amides is 2. The molecule has 4 nitrogen and oxygen atoms in total. The molecule has 2 amide bonds. The molecule has 1 fully saturated rings. The SMILES string of the molecule is O=C(NCCc1ccccc1F)C1CCN(C(=O)c2cccc(F)c2)CC1. The largest absolute Gasteiger partial charge is 0.356 e. The lowest BCUT2D eigenvalue weighted by Crippen LogP contribution is -2.43. The van der Waals surface area contributed by atoms with Crippen LogP contribution in [0, 0.1) is 17.6 Å². The quantitative estimate of drug-likeness (QED) is 0.876. The van der Waals surface area contributed by atoms with Crippen LogP contribution in [0.3, 0.4) is 0 Å². The van der Waals surface area contributed by atoms with E-state index in [4.69, 9.17) is 0 Å². The van der Waals surface area contributed by atoms with E-state index in [2.05, 4.69) is 5.32 Å². The van der Waals surface area contributed by atoms with E-state index in [0.717, 1.165) is 0 Å². The Balaban J connectivity index is 1.45. The van der Waals surface area contributed by atoms with Gasteiger partial charge < -0.3 is 10.2 Å². The van der Waals surface area contributed by atoms with Crippen LogP contribution >= 0.6 is 0 Å². The molecule has 1 N–H and O–H groups in total. The molecule has 0 aliphatic carbocycles. The van der Waals surface area contributed by atoms with Crippen LogP contribution in [-0.2, 0) is 11.2 Å². The van der Waals surface area contributed by atoms with Crippen molar-refractivity contribution >= 4 is 11.8 Å². The van der Waals surface area contributed by atoms with E-state index in [9.17, 15) is 18.4 Å². The molecule has 1 heterocycles. The third kappa shape index (κ3) is 4.90. The molecule has 0 spiro atoms. The van der Waals surface area contributed by atoms with Gasteiger partial charge in [0.25, 0.3) is 5.91 Å². The van der Waals surface area contributed by atoms with Gasteiger partial charge >= 0.3 is 0 Å². The highest BCUT2D eigenvalue weighted by Crippen LogP contribution is 2.19. The Bertz CT molecular complexity index is 817. The summed E-state index contributed by atoms with van der Waals surface area (Å²) >= 11 is 0. The number of piperidine rings is 1. The van der Waals surface area contributed by atoms with Crippen molar-refractivity contribution in [2.75, 3.05) is 19.6 Å². The molecule has 0 radical (unpaired) electrons. The van der Waals surface area contributed by atoms with Crippen molar-refractivity contribution in [3.8, 4) is 0 Å². The molecule has 142 valence electrons. The molecule has 2 aromatic carbocycles. The number of hydrogen-bond donors (Lipinski definition) is 1. The maximum Gasteiger partial charge on any atom is 0.253 e. The Labute approximate surface area is 157 Å². The maximum atomic E-state index is 13.6. The Morgan fingerprint density at radius 2 is 1.78 bits per heavy atom. The first-order valence-corrected chi connectivity index (χ1v) is 9.10. The number of rotatable bonds is 5. The topological polar surface area (TPSA) is 49.4 Å². The molecule has 3 rings (SSSR count). The predicted octanol–water partition coefficient (Wildman–Crippen LogP) is 3.18. The van der Waals surface area contributed by atoms with Crippen LogP contribution in [0.15, 0.2) is 48.5 Å². The molecule has 0 atom stereocenters. The summed E-state index contributed by atoms with van der Waals surface area (Å²) in [4.78, 5) is 26.4. The third-order valence-electron chi connectivity index (χ3n) is 4.88. The average molecular weight is 372 g/mol. The second-order valence-electron chi connectivity index (χ2n) is 6.71. The molecule has 1 aliphatic rings. The minimum absolute atomic E-state index is 0.0656. The number of nitrogens with zero attached hydrogens (tertiary/aromatic N) is 1. The highest BCUT2D eigenvalue weighted by molar-refractivity contribution is 5.94. The average Bonchev–Trinajstić information content (AvgIpc) is 2.69. The Morgan fingerprint density at radius 1 is 1.04 bits per heavy atom. The molecule has 2 aromatic rings. The van der Waals surface area contributed by atoms with Gasteiger partial charge in [0.1, 0.15) is 11.6 Å². The lowest BCUT2D eigenvalue weighted by atomic mass is 9.95. The van der Waals surface area contributed by atoms with Crippen LogP contribution < -0.4 is 5.32 Å². The summed E-state index contributed by atoms with van der Waals surface area (Å²) in [6.45, 7) is 1.30. The van der Waals surface area contributed by atoms with Crippen molar-refractivity contribution < 1.29 is 18.4 Å². The summed E-state index contributed by atoms with van der Waals surface area (Å²) in [7, 11) is 0. The van der Waals surface area contributed by atoms with E-state index < -0.39 is 5.82 Å². The van der Waals surface area contributed by atoms with Gasteiger partial charge in [-0.25, -0.2) is 8.78 Å². The van der Waals surface area contributed by atoms with E-state index in [1.165, 1.54) is 24.3 Å². The fourth-order valence-electron chi connectivity index (χ4n) is 3.31. The first kappa shape index (κ1) is 19.0. The fraction of sp³-hybridized carbons (Fsp3) is 0.333. The van der Waals surface area contributed by atoms with Gasteiger partial charge in [0.2, 0.25) is 5.91 Å². The van der Waals surface area contributed by atoms with E-state index in [0.29, 0.717) is 50.0 Å². The van der Waals surface area contributed by atoms with Crippen molar-refractivity contribution in [1.82, 2.24) is 10.2 Å². The minimum Gasteiger partial charge on any atom is -0.356 e. The van der Waals surface area contributed by atoms with Crippen LogP contribution in [-0.4, -0.2) is 36.3 Å². The van der Waals surface area contributed by atoms with Gasteiger partial charge in [0.15, 0.2) is 0 Å². The van der Waals surface area contributed by atoms with E-state index in [-0.39, 0.29) is 23.5 Å². The molecule has 0 saturated carbocycles. The lowest BCUT2D eigenvalue weighted by molar-refractivity contribution is -0.126. The van der Waals surface area contributed by atoms with E-state index in [1.807, 2.05) is 0 Å².